The predicted molar refractivity (Wildman–Crippen MR) is 124 cm³/mol. The molecule has 4 heterocycles. The van der Waals surface area contributed by atoms with Crippen molar-refractivity contribution in [2.75, 3.05) is 13.2 Å². The molecule has 3 aliphatic heterocycles. The average Bonchev–Trinajstić information content (AvgIpc) is 3.24. The van der Waals surface area contributed by atoms with Crippen LogP contribution in [0.1, 0.15) is 66.2 Å². The first kappa shape index (κ1) is 23.1. The van der Waals surface area contributed by atoms with Crippen LogP contribution in [0.2, 0.25) is 0 Å². The number of carbonyl (C=O) groups excluding carboxylic acids is 3. The van der Waals surface area contributed by atoms with Crippen molar-refractivity contribution in [3.8, 4) is 0 Å². The van der Waals surface area contributed by atoms with Gasteiger partial charge in [0.15, 0.2) is 5.60 Å². The summed E-state index contributed by atoms with van der Waals surface area (Å²) >= 11 is 0. The van der Waals surface area contributed by atoms with Gasteiger partial charge in [-0.3, -0.25) is 14.6 Å². The number of amides is 2. The van der Waals surface area contributed by atoms with Gasteiger partial charge in [-0.15, -0.1) is 0 Å². The van der Waals surface area contributed by atoms with Gasteiger partial charge in [-0.2, -0.15) is 0 Å². The highest BCUT2D eigenvalue weighted by Gasteiger charge is 2.53. The van der Waals surface area contributed by atoms with E-state index in [1.807, 2.05) is 0 Å². The van der Waals surface area contributed by atoms with Crippen molar-refractivity contribution < 1.29 is 33.7 Å². The van der Waals surface area contributed by atoms with Crippen LogP contribution in [-0.2, 0) is 32.1 Å². The van der Waals surface area contributed by atoms with Crippen LogP contribution in [0.4, 0.5) is 4.39 Å². The second-order valence-corrected chi connectivity index (χ2v) is 9.96. The Morgan fingerprint density at radius 3 is 2.86 bits per heavy atom. The maximum absolute atomic E-state index is 14.9. The molecule has 1 aliphatic carbocycles. The fraction of sp³-hybridized carbons (Fsp3) is 0.462. The van der Waals surface area contributed by atoms with Crippen LogP contribution in [-0.4, -0.2) is 56.7 Å². The van der Waals surface area contributed by atoms with Gasteiger partial charge in [0.25, 0.3) is 5.91 Å². The molecule has 6 rings (SSSR count). The Labute approximate surface area is 205 Å². The lowest BCUT2D eigenvalue weighted by Gasteiger charge is -2.41. The number of pyridine rings is 1. The van der Waals surface area contributed by atoms with Gasteiger partial charge in [0, 0.05) is 23.6 Å². The third-order valence-electron chi connectivity index (χ3n) is 8.28. The van der Waals surface area contributed by atoms with Crippen molar-refractivity contribution in [3.05, 3.63) is 51.0 Å². The Bertz CT molecular complexity index is 1420. The number of aryl methyl sites for hydroxylation is 1. The Kier molecular flexibility index (Phi) is 5.00. The highest BCUT2D eigenvalue weighted by Crippen LogP contribution is 2.51. The summed E-state index contributed by atoms with van der Waals surface area (Å²) in [6, 6.07) is 0.407. The molecule has 1 aromatic heterocycles. The monoisotopic (exact) mass is 495 g/mol. The largest absolute Gasteiger partial charge is 0.458 e. The predicted octanol–water partition coefficient (Wildman–Crippen LogP) is 1.56. The molecule has 0 bridgehead atoms. The number of aliphatic hydroxyl groups excluding tert-OH is 1. The summed E-state index contributed by atoms with van der Waals surface area (Å²) in [5, 5.41) is 24.1. The SMILES string of the molecule is CC[C@@]1(O)C(=O)OCC2=C1CC1c3nc4cc(F)c(C)c5c4c(c3CN1C2=O)[C@@H](NC(=O)CO)CC5. The molecule has 1 aromatic carbocycles. The first-order chi connectivity index (χ1) is 17.2. The van der Waals surface area contributed by atoms with Crippen LogP contribution >= 0.6 is 0 Å². The maximum atomic E-state index is 14.9. The van der Waals surface area contributed by atoms with Crippen LogP contribution in [0, 0.1) is 12.7 Å². The molecule has 4 aliphatic rings. The number of hydrogen-bond donors (Lipinski definition) is 3. The normalized spacial score (nSPS) is 26.5. The molecule has 188 valence electrons. The molecule has 3 N–H and O–H groups in total. The van der Waals surface area contributed by atoms with E-state index in [9.17, 15) is 29.0 Å². The minimum atomic E-state index is -1.88. The molecule has 0 saturated heterocycles. The van der Waals surface area contributed by atoms with E-state index in [1.165, 1.54) is 6.07 Å². The smallest absolute Gasteiger partial charge is 0.342 e. The lowest BCUT2D eigenvalue weighted by Crippen LogP contribution is -2.51. The number of benzene rings is 1. The molecule has 2 amide bonds. The molecule has 0 fully saturated rings. The van der Waals surface area contributed by atoms with Crippen molar-refractivity contribution >= 4 is 28.7 Å². The second kappa shape index (κ2) is 7.81. The molecule has 0 saturated carbocycles. The molecular weight excluding hydrogens is 469 g/mol. The van der Waals surface area contributed by atoms with Crippen molar-refractivity contribution in [1.29, 1.82) is 0 Å². The van der Waals surface area contributed by atoms with Gasteiger partial charge in [-0.25, -0.2) is 9.18 Å². The standard InChI is InChI=1S/C26H26FN3O6/c1-3-26(35)15-6-19-23-13(8-30(19)24(33)14(15)10-36-25(26)34)22-17(28-20(32)9-31)5-4-12-11(2)16(27)7-18(29-23)21(12)22/h7,17,19,31,35H,3-6,8-10H2,1-2H3,(H,28,32)/t17-,19?,26-/m0/s1. The number of cyclic esters (lactones) is 1. The lowest BCUT2D eigenvalue weighted by molar-refractivity contribution is -0.165. The lowest BCUT2D eigenvalue weighted by atomic mass is 9.78. The zero-order chi connectivity index (χ0) is 25.5. The van der Waals surface area contributed by atoms with Crippen LogP contribution in [0.15, 0.2) is 17.2 Å². The minimum Gasteiger partial charge on any atom is -0.458 e. The van der Waals surface area contributed by atoms with Crippen molar-refractivity contribution in [3.63, 3.8) is 0 Å². The molecular formula is C26H26FN3O6. The van der Waals surface area contributed by atoms with Gasteiger partial charge in [0.2, 0.25) is 5.91 Å². The summed E-state index contributed by atoms with van der Waals surface area (Å²) < 4.78 is 20.0. The van der Waals surface area contributed by atoms with Gasteiger partial charge < -0.3 is 25.2 Å². The molecule has 9 nitrogen and oxygen atoms in total. The maximum Gasteiger partial charge on any atom is 0.342 e. The van der Waals surface area contributed by atoms with Crippen LogP contribution in [0.25, 0.3) is 10.9 Å². The topological polar surface area (TPSA) is 129 Å². The highest BCUT2D eigenvalue weighted by atomic mass is 19.1. The van der Waals surface area contributed by atoms with Crippen LogP contribution < -0.4 is 5.32 Å². The fourth-order valence-corrected chi connectivity index (χ4v) is 6.39. The number of nitrogens with zero attached hydrogens (tertiary/aromatic N) is 2. The molecule has 3 atom stereocenters. The van der Waals surface area contributed by atoms with E-state index in [4.69, 9.17) is 9.72 Å². The second-order valence-electron chi connectivity index (χ2n) is 9.96. The highest BCUT2D eigenvalue weighted by molar-refractivity contribution is 6.01. The molecule has 2 aromatic rings. The van der Waals surface area contributed by atoms with Crippen molar-refractivity contribution in [1.82, 2.24) is 15.2 Å². The summed E-state index contributed by atoms with van der Waals surface area (Å²) in [4.78, 5) is 44.7. The molecule has 1 unspecified atom stereocenters. The molecule has 36 heavy (non-hydrogen) atoms. The number of carbonyl (C=O) groups is 3. The van der Waals surface area contributed by atoms with E-state index in [0.29, 0.717) is 35.2 Å². The average molecular weight is 496 g/mol. The summed E-state index contributed by atoms with van der Waals surface area (Å²) in [5.41, 5.74) is 2.72. The Hall–Kier alpha value is -3.37. The summed E-state index contributed by atoms with van der Waals surface area (Å²) in [7, 11) is 0. The Morgan fingerprint density at radius 2 is 2.14 bits per heavy atom. The first-order valence-electron chi connectivity index (χ1n) is 12.2. The number of ether oxygens (including phenoxy) is 1. The summed E-state index contributed by atoms with van der Waals surface area (Å²) in [5.74, 6) is -1.99. The number of nitrogens with one attached hydrogen (secondary N) is 1. The number of esters is 1. The minimum absolute atomic E-state index is 0.0665. The van der Waals surface area contributed by atoms with E-state index in [2.05, 4.69) is 5.32 Å². The number of fused-ring (bicyclic) bond motifs is 4. The van der Waals surface area contributed by atoms with Gasteiger partial charge in [-0.1, -0.05) is 6.92 Å². The third-order valence-corrected chi connectivity index (χ3v) is 8.28. The van der Waals surface area contributed by atoms with Gasteiger partial charge in [0.1, 0.15) is 19.0 Å². The summed E-state index contributed by atoms with van der Waals surface area (Å²) in [6.45, 7) is 2.76. The van der Waals surface area contributed by atoms with Gasteiger partial charge >= 0.3 is 5.97 Å². The summed E-state index contributed by atoms with van der Waals surface area (Å²) in [6.07, 6.45) is 1.33. The van der Waals surface area contributed by atoms with Gasteiger partial charge in [-0.05, 0) is 54.9 Å². The number of halogens is 1. The first-order valence-corrected chi connectivity index (χ1v) is 12.2. The van der Waals surface area contributed by atoms with E-state index in [1.54, 1.807) is 18.7 Å². The van der Waals surface area contributed by atoms with E-state index in [0.717, 1.165) is 22.1 Å². The van der Waals surface area contributed by atoms with E-state index < -0.39 is 36.2 Å². The fourth-order valence-electron chi connectivity index (χ4n) is 6.39. The van der Waals surface area contributed by atoms with Crippen LogP contribution in [0.5, 0.6) is 0 Å². The number of aromatic nitrogens is 1. The number of aliphatic hydroxyl groups is 2. The van der Waals surface area contributed by atoms with E-state index in [-0.39, 0.29) is 43.3 Å². The zero-order valence-electron chi connectivity index (χ0n) is 20.0. The van der Waals surface area contributed by atoms with Crippen molar-refractivity contribution in [2.45, 2.75) is 63.8 Å². The molecule has 0 radical (unpaired) electrons. The molecule has 10 heteroatoms. The van der Waals surface area contributed by atoms with Crippen LogP contribution in [0.3, 0.4) is 0 Å². The molecule has 0 spiro atoms. The number of rotatable bonds is 3. The van der Waals surface area contributed by atoms with Gasteiger partial charge in [0.05, 0.1) is 28.9 Å². The third kappa shape index (κ3) is 2.94. The quantitative estimate of drug-likeness (QED) is 0.551. The zero-order valence-corrected chi connectivity index (χ0v) is 20.0. The van der Waals surface area contributed by atoms with Crippen molar-refractivity contribution in [2.24, 2.45) is 0 Å². The van der Waals surface area contributed by atoms with E-state index >= 15 is 0 Å². The Balaban J connectivity index is 1.56. The Morgan fingerprint density at radius 1 is 1.36 bits per heavy atom. The number of hydrogen-bond acceptors (Lipinski definition) is 7.